The second kappa shape index (κ2) is 7.47. The van der Waals surface area contributed by atoms with Crippen LogP contribution in [0.15, 0.2) is 24.5 Å². The number of halogens is 3. The minimum absolute atomic E-state index is 0.198. The van der Waals surface area contributed by atoms with Crippen LogP contribution in [0.5, 0.6) is 5.75 Å². The van der Waals surface area contributed by atoms with E-state index in [4.69, 9.17) is 4.74 Å². The lowest BCUT2D eigenvalue weighted by atomic mass is 9.98. The summed E-state index contributed by atoms with van der Waals surface area (Å²) < 4.78 is 47.6. The average molecular weight is 416 g/mol. The fraction of sp³-hybridized carbons (Fsp3) is 0.286. The second-order valence-corrected chi connectivity index (χ2v) is 7.14. The van der Waals surface area contributed by atoms with Crippen molar-refractivity contribution in [1.82, 2.24) is 19.7 Å². The highest BCUT2D eigenvalue weighted by Gasteiger charge is 2.29. The summed E-state index contributed by atoms with van der Waals surface area (Å²) in [7, 11) is 3.16. The lowest BCUT2D eigenvalue weighted by Crippen LogP contribution is -2.36. The number of benzene rings is 1. The first-order valence-electron chi connectivity index (χ1n) is 9.29. The normalized spacial score (nSPS) is 13.3. The van der Waals surface area contributed by atoms with Gasteiger partial charge in [-0.15, -0.1) is 0 Å². The van der Waals surface area contributed by atoms with E-state index in [9.17, 15) is 18.0 Å². The van der Waals surface area contributed by atoms with Crippen LogP contribution in [0.3, 0.4) is 0 Å². The van der Waals surface area contributed by atoms with Crippen LogP contribution in [0, 0.1) is 24.4 Å². The number of aromatic nitrogens is 3. The number of aryl methyl sites for hydroxylation is 1. The highest BCUT2D eigenvalue weighted by Crippen LogP contribution is 2.32. The van der Waals surface area contributed by atoms with Gasteiger partial charge in [0.25, 0.3) is 5.91 Å². The zero-order chi connectivity index (χ0) is 21.6. The molecule has 0 aliphatic carbocycles. The van der Waals surface area contributed by atoms with E-state index in [0.29, 0.717) is 41.2 Å². The third-order valence-corrected chi connectivity index (χ3v) is 5.36. The van der Waals surface area contributed by atoms with Crippen molar-refractivity contribution in [2.24, 2.45) is 7.05 Å². The summed E-state index contributed by atoms with van der Waals surface area (Å²) in [6.45, 7) is 2.43. The highest BCUT2D eigenvalue weighted by molar-refractivity contribution is 5.96. The van der Waals surface area contributed by atoms with Crippen LogP contribution in [-0.4, -0.2) is 39.2 Å². The molecule has 9 heteroatoms. The molecule has 30 heavy (non-hydrogen) atoms. The van der Waals surface area contributed by atoms with E-state index in [2.05, 4.69) is 10.1 Å². The molecule has 156 valence electrons. The van der Waals surface area contributed by atoms with Gasteiger partial charge in [-0.3, -0.25) is 14.5 Å². The van der Waals surface area contributed by atoms with Crippen molar-refractivity contribution in [2.45, 2.75) is 19.9 Å². The molecule has 0 N–H and O–H groups in total. The molecule has 1 aliphatic rings. The Balaban J connectivity index is 1.67. The minimum atomic E-state index is -1.51. The Kier molecular flexibility index (Phi) is 4.97. The van der Waals surface area contributed by atoms with Gasteiger partial charge in [-0.2, -0.15) is 5.10 Å². The number of hydrogen-bond acceptors (Lipinski definition) is 4. The Morgan fingerprint density at radius 2 is 1.87 bits per heavy atom. The van der Waals surface area contributed by atoms with Gasteiger partial charge in [0, 0.05) is 36.5 Å². The molecule has 4 rings (SSSR count). The Hall–Kier alpha value is -3.36. The maximum atomic E-state index is 13.7. The maximum absolute atomic E-state index is 13.7. The molecule has 0 saturated heterocycles. The van der Waals surface area contributed by atoms with Gasteiger partial charge < -0.3 is 9.64 Å². The van der Waals surface area contributed by atoms with Crippen LogP contribution < -0.4 is 4.74 Å². The van der Waals surface area contributed by atoms with E-state index in [1.807, 2.05) is 0 Å². The lowest BCUT2D eigenvalue weighted by Gasteiger charge is -2.27. The van der Waals surface area contributed by atoms with E-state index >= 15 is 0 Å². The van der Waals surface area contributed by atoms with Crippen molar-refractivity contribution in [1.29, 1.82) is 0 Å². The largest absolute Gasteiger partial charge is 0.495 e. The molecule has 0 bridgehead atoms. The summed E-state index contributed by atoms with van der Waals surface area (Å²) >= 11 is 0. The van der Waals surface area contributed by atoms with Gasteiger partial charge in [0.1, 0.15) is 5.75 Å². The van der Waals surface area contributed by atoms with E-state index < -0.39 is 17.5 Å². The number of carbonyl (C=O) groups is 1. The fourth-order valence-electron chi connectivity index (χ4n) is 3.84. The molecule has 0 spiro atoms. The number of hydrogen-bond donors (Lipinski definition) is 0. The zero-order valence-electron chi connectivity index (χ0n) is 16.7. The number of amides is 1. The quantitative estimate of drug-likeness (QED) is 0.614. The van der Waals surface area contributed by atoms with Crippen molar-refractivity contribution < 1.29 is 22.7 Å². The molecule has 3 heterocycles. The van der Waals surface area contributed by atoms with Gasteiger partial charge >= 0.3 is 0 Å². The van der Waals surface area contributed by atoms with Crippen molar-refractivity contribution in [3.05, 3.63) is 64.4 Å². The second-order valence-electron chi connectivity index (χ2n) is 7.14. The van der Waals surface area contributed by atoms with Gasteiger partial charge in [-0.25, -0.2) is 13.2 Å². The number of pyridine rings is 1. The van der Waals surface area contributed by atoms with Crippen molar-refractivity contribution in [3.8, 4) is 17.0 Å². The van der Waals surface area contributed by atoms with Crippen molar-refractivity contribution in [3.63, 3.8) is 0 Å². The van der Waals surface area contributed by atoms with E-state index in [0.717, 1.165) is 17.7 Å². The summed E-state index contributed by atoms with van der Waals surface area (Å²) in [4.78, 5) is 18.8. The summed E-state index contributed by atoms with van der Waals surface area (Å²) in [6, 6.07) is 1.91. The Morgan fingerprint density at radius 1 is 1.17 bits per heavy atom. The smallest absolute Gasteiger partial charge is 0.256 e. The molecule has 1 aliphatic heterocycles. The Labute approximate surface area is 170 Å². The third kappa shape index (κ3) is 3.20. The molecule has 1 amide bonds. The molecule has 0 radical (unpaired) electrons. The van der Waals surface area contributed by atoms with Crippen molar-refractivity contribution >= 4 is 5.91 Å². The number of carbonyl (C=O) groups excluding carboxylic acids is 1. The van der Waals surface area contributed by atoms with Crippen LogP contribution in [0.4, 0.5) is 13.2 Å². The minimum Gasteiger partial charge on any atom is -0.495 e. The van der Waals surface area contributed by atoms with Crippen LogP contribution in [0.2, 0.25) is 0 Å². The molecular weight excluding hydrogens is 397 g/mol. The summed E-state index contributed by atoms with van der Waals surface area (Å²) in [5.41, 5.74) is 3.27. The number of ether oxygens (including phenoxy) is 1. The van der Waals surface area contributed by atoms with Crippen LogP contribution in [0.25, 0.3) is 11.3 Å². The van der Waals surface area contributed by atoms with Gasteiger partial charge in [-0.1, -0.05) is 0 Å². The number of rotatable bonds is 3. The Bertz CT molecular complexity index is 1140. The highest BCUT2D eigenvalue weighted by atomic mass is 19.2. The van der Waals surface area contributed by atoms with E-state index in [1.165, 1.54) is 18.0 Å². The van der Waals surface area contributed by atoms with Crippen LogP contribution in [0.1, 0.15) is 27.2 Å². The van der Waals surface area contributed by atoms with E-state index in [-0.39, 0.29) is 18.0 Å². The summed E-state index contributed by atoms with van der Waals surface area (Å²) in [5.74, 6) is -3.69. The van der Waals surface area contributed by atoms with E-state index in [1.54, 1.807) is 25.1 Å². The van der Waals surface area contributed by atoms with Gasteiger partial charge in [-0.05, 0) is 25.5 Å². The predicted octanol–water partition coefficient (Wildman–Crippen LogP) is 3.41. The van der Waals surface area contributed by atoms with Crippen LogP contribution in [-0.2, 0) is 20.0 Å². The molecule has 3 aromatic rings. The zero-order valence-corrected chi connectivity index (χ0v) is 16.7. The van der Waals surface area contributed by atoms with Gasteiger partial charge in [0.15, 0.2) is 17.5 Å². The molecule has 0 fully saturated rings. The van der Waals surface area contributed by atoms with Gasteiger partial charge in [0.05, 0.1) is 36.8 Å². The molecule has 0 atom stereocenters. The standard InChI is InChI=1S/C21H19F3N4O2/c1-11-14(8-25-9-18(11)30-3)21(29)28-5-4-13-17(10-28)26-27(2)20(13)12-6-15(22)19(24)16(23)7-12/h6-9H,4-5,10H2,1-3H3. The topological polar surface area (TPSA) is 60.2 Å². The molecule has 0 unspecified atom stereocenters. The van der Waals surface area contributed by atoms with Gasteiger partial charge in [0.2, 0.25) is 0 Å². The monoisotopic (exact) mass is 416 g/mol. The molecule has 0 saturated carbocycles. The Morgan fingerprint density at radius 3 is 2.53 bits per heavy atom. The first-order chi connectivity index (χ1) is 14.3. The fourth-order valence-corrected chi connectivity index (χ4v) is 3.84. The first kappa shape index (κ1) is 19.9. The van der Waals surface area contributed by atoms with Crippen LogP contribution >= 0.6 is 0 Å². The molecular formula is C21H19F3N4O2. The SMILES string of the molecule is COc1cncc(C(=O)N2CCc3c(nn(C)c3-c3cc(F)c(F)c(F)c3)C2)c1C. The van der Waals surface area contributed by atoms with Crippen molar-refractivity contribution in [2.75, 3.05) is 13.7 Å². The average Bonchev–Trinajstić information content (AvgIpc) is 3.06. The number of fused-ring (bicyclic) bond motifs is 1. The predicted molar refractivity (Wildman–Crippen MR) is 102 cm³/mol. The summed E-state index contributed by atoms with van der Waals surface area (Å²) in [6.07, 6.45) is 3.50. The maximum Gasteiger partial charge on any atom is 0.256 e. The lowest BCUT2D eigenvalue weighted by molar-refractivity contribution is 0.0730. The number of methoxy groups -OCH3 is 1. The number of nitrogens with zero attached hydrogens (tertiary/aromatic N) is 4. The molecule has 6 nitrogen and oxygen atoms in total. The molecule has 2 aromatic heterocycles. The third-order valence-electron chi connectivity index (χ3n) is 5.36. The summed E-state index contributed by atoms with van der Waals surface area (Å²) in [5, 5.41) is 4.44. The first-order valence-corrected chi connectivity index (χ1v) is 9.29. The molecule has 1 aromatic carbocycles.